The molecule has 4 N–H and O–H groups in total. The van der Waals surface area contributed by atoms with Crippen molar-refractivity contribution in [2.24, 2.45) is 5.73 Å². The Balaban J connectivity index is 1.95. The second-order valence-electron chi connectivity index (χ2n) is 4.79. The second kappa shape index (κ2) is 5.87. The van der Waals surface area contributed by atoms with Crippen LogP contribution in [0, 0.1) is 6.92 Å². The quantitative estimate of drug-likeness (QED) is 0.724. The van der Waals surface area contributed by atoms with Crippen LogP contribution in [0.3, 0.4) is 0 Å². The number of aryl methyl sites for hydroxylation is 1. The molecule has 1 aromatic rings. The average Bonchev–Trinajstić information content (AvgIpc) is 2.84. The Bertz CT molecular complexity index is 532. The summed E-state index contributed by atoms with van der Waals surface area (Å²) in [7, 11) is 0. The molecule has 2 unspecified atom stereocenters. The smallest absolute Gasteiger partial charge is 0.332 e. The van der Waals surface area contributed by atoms with Crippen LogP contribution in [0.15, 0.2) is 12.1 Å². The first-order valence-corrected chi connectivity index (χ1v) is 6.36. The van der Waals surface area contributed by atoms with E-state index in [1.807, 2.05) is 0 Å². The molecular formula is C13H17N3O4. The summed E-state index contributed by atoms with van der Waals surface area (Å²) in [5.74, 6) is -0.917. The number of nitrogens with zero attached hydrogens (tertiary/aromatic N) is 1. The van der Waals surface area contributed by atoms with E-state index < -0.39 is 18.0 Å². The maximum absolute atomic E-state index is 11.2. The van der Waals surface area contributed by atoms with Gasteiger partial charge >= 0.3 is 5.97 Å². The topological polar surface area (TPSA) is 115 Å². The molecule has 1 aliphatic heterocycles. The van der Waals surface area contributed by atoms with E-state index in [1.165, 1.54) is 0 Å². The molecule has 1 aromatic heterocycles. The number of hydrogen-bond acceptors (Lipinski definition) is 5. The summed E-state index contributed by atoms with van der Waals surface area (Å²) < 4.78 is 5.37. The van der Waals surface area contributed by atoms with E-state index in [4.69, 9.17) is 15.6 Å². The van der Waals surface area contributed by atoms with Crippen LogP contribution in [0.2, 0.25) is 0 Å². The fourth-order valence-corrected chi connectivity index (χ4v) is 2.16. The molecule has 0 aliphatic carbocycles. The molecule has 0 bridgehead atoms. The summed E-state index contributed by atoms with van der Waals surface area (Å²) in [5, 5.41) is 11.9. The Hall–Kier alpha value is -2.15. The molecule has 20 heavy (non-hydrogen) atoms. The maximum Gasteiger partial charge on any atom is 0.332 e. The van der Waals surface area contributed by atoms with Crippen LogP contribution in [0.1, 0.15) is 28.9 Å². The van der Waals surface area contributed by atoms with E-state index in [0.717, 1.165) is 0 Å². The number of amides is 1. The van der Waals surface area contributed by atoms with Crippen LogP contribution in [-0.4, -0.2) is 40.7 Å². The largest absolute Gasteiger partial charge is 0.479 e. The van der Waals surface area contributed by atoms with Crippen molar-refractivity contribution < 1.29 is 19.4 Å². The van der Waals surface area contributed by atoms with Gasteiger partial charge in [-0.1, -0.05) is 0 Å². The van der Waals surface area contributed by atoms with Crippen molar-refractivity contribution in [1.82, 2.24) is 4.98 Å². The van der Waals surface area contributed by atoms with E-state index >= 15 is 0 Å². The Morgan fingerprint density at radius 2 is 2.25 bits per heavy atom. The van der Waals surface area contributed by atoms with Crippen molar-refractivity contribution in [1.29, 1.82) is 0 Å². The zero-order valence-electron chi connectivity index (χ0n) is 11.1. The number of nitrogens with one attached hydrogen (secondary N) is 1. The number of carboxylic acids is 1. The van der Waals surface area contributed by atoms with Crippen LogP contribution in [0.25, 0.3) is 0 Å². The van der Waals surface area contributed by atoms with Gasteiger partial charge in [-0.05, 0) is 31.9 Å². The predicted molar refractivity (Wildman–Crippen MR) is 71.5 cm³/mol. The fraction of sp³-hybridized carbons (Fsp3) is 0.462. The number of carbonyl (C=O) groups excluding carboxylic acids is 1. The molecule has 2 atom stereocenters. The maximum atomic E-state index is 11.2. The molecule has 2 rings (SSSR count). The molecule has 0 aromatic carbocycles. The number of anilines is 1. The van der Waals surface area contributed by atoms with Gasteiger partial charge in [-0.2, -0.15) is 0 Å². The van der Waals surface area contributed by atoms with Crippen LogP contribution >= 0.6 is 0 Å². The SMILES string of the molecule is Cc1cc(C(N)=O)cc(NCC2CCC(C(=O)O)O2)n1. The highest BCUT2D eigenvalue weighted by atomic mass is 16.5. The van der Waals surface area contributed by atoms with Gasteiger partial charge in [-0.3, -0.25) is 4.79 Å². The van der Waals surface area contributed by atoms with Crippen molar-refractivity contribution in [2.45, 2.75) is 32.0 Å². The Morgan fingerprint density at radius 1 is 1.50 bits per heavy atom. The van der Waals surface area contributed by atoms with Gasteiger partial charge < -0.3 is 20.9 Å². The minimum Gasteiger partial charge on any atom is -0.479 e. The van der Waals surface area contributed by atoms with Gasteiger partial charge in [0.1, 0.15) is 5.82 Å². The molecule has 1 aliphatic rings. The van der Waals surface area contributed by atoms with Gasteiger partial charge in [-0.25, -0.2) is 9.78 Å². The number of nitrogens with two attached hydrogens (primary N) is 1. The van der Waals surface area contributed by atoms with Gasteiger partial charge in [0.15, 0.2) is 6.10 Å². The van der Waals surface area contributed by atoms with E-state index in [1.54, 1.807) is 19.1 Å². The molecule has 1 amide bonds. The highest BCUT2D eigenvalue weighted by Gasteiger charge is 2.30. The number of rotatable bonds is 5. The molecule has 1 saturated heterocycles. The summed E-state index contributed by atoms with van der Waals surface area (Å²) >= 11 is 0. The first-order chi connectivity index (χ1) is 9.45. The van der Waals surface area contributed by atoms with Gasteiger partial charge in [0.05, 0.1) is 6.10 Å². The number of pyridine rings is 1. The third-order valence-corrected chi connectivity index (χ3v) is 3.13. The number of carboxylic acid groups (broad SMARTS) is 1. The molecular weight excluding hydrogens is 262 g/mol. The lowest BCUT2D eigenvalue weighted by molar-refractivity contribution is -0.149. The number of aromatic nitrogens is 1. The van der Waals surface area contributed by atoms with E-state index in [9.17, 15) is 9.59 Å². The summed E-state index contributed by atoms with van der Waals surface area (Å²) in [6.07, 6.45) is 0.289. The summed E-state index contributed by atoms with van der Waals surface area (Å²) in [6.45, 7) is 2.21. The number of ether oxygens (including phenoxy) is 1. The molecule has 7 heteroatoms. The molecule has 7 nitrogen and oxygen atoms in total. The minimum atomic E-state index is -0.933. The Kier molecular flexibility index (Phi) is 4.19. The summed E-state index contributed by atoms with van der Waals surface area (Å²) in [4.78, 5) is 26.2. The lowest BCUT2D eigenvalue weighted by atomic mass is 10.2. The van der Waals surface area contributed by atoms with Crippen LogP contribution in [0.4, 0.5) is 5.82 Å². The van der Waals surface area contributed by atoms with Gasteiger partial charge in [0.2, 0.25) is 5.91 Å². The highest BCUT2D eigenvalue weighted by molar-refractivity contribution is 5.93. The highest BCUT2D eigenvalue weighted by Crippen LogP contribution is 2.20. The monoisotopic (exact) mass is 279 g/mol. The molecule has 108 valence electrons. The van der Waals surface area contributed by atoms with Crippen molar-refractivity contribution in [3.8, 4) is 0 Å². The van der Waals surface area contributed by atoms with Gasteiger partial charge in [0, 0.05) is 17.8 Å². The van der Waals surface area contributed by atoms with Crippen molar-refractivity contribution in [2.75, 3.05) is 11.9 Å². The number of carbonyl (C=O) groups is 2. The zero-order valence-corrected chi connectivity index (χ0v) is 11.1. The van der Waals surface area contributed by atoms with Crippen LogP contribution in [-0.2, 0) is 9.53 Å². The van der Waals surface area contributed by atoms with Gasteiger partial charge in [-0.15, -0.1) is 0 Å². The number of hydrogen-bond donors (Lipinski definition) is 3. The lowest BCUT2D eigenvalue weighted by Gasteiger charge is -2.13. The number of aliphatic carboxylic acids is 1. The zero-order chi connectivity index (χ0) is 14.7. The molecule has 2 heterocycles. The molecule has 1 fully saturated rings. The first kappa shape index (κ1) is 14.3. The molecule has 0 spiro atoms. The van der Waals surface area contributed by atoms with E-state index in [-0.39, 0.29) is 6.10 Å². The van der Waals surface area contributed by atoms with Crippen LogP contribution in [0.5, 0.6) is 0 Å². The lowest BCUT2D eigenvalue weighted by Crippen LogP contribution is -2.25. The number of primary amides is 1. The third-order valence-electron chi connectivity index (χ3n) is 3.13. The van der Waals surface area contributed by atoms with Crippen LogP contribution < -0.4 is 11.1 Å². The first-order valence-electron chi connectivity index (χ1n) is 6.36. The summed E-state index contributed by atoms with van der Waals surface area (Å²) in [6, 6.07) is 3.18. The fourth-order valence-electron chi connectivity index (χ4n) is 2.16. The Morgan fingerprint density at radius 3 is 2.85 bits per heavy atom. The minimum absolute atomic E-state index is 0.171. The van der Waals surface area contributed by atoms with Crippen molar-refractivity contribution in [3.05, 3.63) is 23.4 Å². The molecule has 0 saturated carbocycles. The van der Waals surface area contributed by atoms with E-state index in [0.29, 0.717) is 36.5 Å². The predicted octanol–water partition coefficient (Wildman–Crippen LogP) is 0.533. The van der Waals surface area contributed by atoms with E-state index in [2.05, 4.69) is 10.3 Å². The third kappa shape index (κ3) is 3.45. The van der Waals surface area contributed by atoms with Gasteiger partial charge in [0.25, 0.3) is 0 Å². The standard InChI is InChI=1S/C13H17N3O4/c1-7-4-8(12(14)17)5-11(16-7)15-6-9-2-3-10(20-9)13(18)19/h4-5,9-10H,2-3,6H2,1H3,(H2,14,17)(H,15,16)(H,18,19). The Labute approximate surface area is 116 Å². The second-order valence-corrected chi connectivity index (χ2v) is 4.79. The van der Waals surface area contributed by atoms with Crippen molar-refractivity contribution in [3.63, 3.8) is 0 Å². The average molecular weight is 279 g/mol. The molecule has 0 radical (unpaired) electrons. The summed E-state index contributed by atoms with van der Waals surface area (Å²) in [5.41, 5.74) is 6.30. The van der Waals surface area contributed by atoms with Crippen molar-refractivity contribution >= 4 is 17.7 Å². The normalized spacial score (nSPS) is 21.6.